The van der Waals surface area contributed by atoms with Crippen molar-refractivity contribution >= 4 is 17.0 Å². The quantitative estimate of drug-likeness (QED) is 0.544. The fraction of sp³-hybridized carbons (Fsp3) is 0.273. The summed E-state index contributed by atoms with van der Waals surface area (Å²) in [6, 6.07) is 11.6. The summed E-state index contributed by atoms with van der Waals surface area (Å²) >= 11 is 0. The van der Waals surface area contributed by atoms with Crippen LogP contribution in [0.1, 0.15) is 41.7 Å². The third kappa shape index (κ3) is 3.51. The molecule has 1 N–H and O–H groups in total. The Labute approximate surface area is 167 Å². The highest BCUT2D eigenvalue weighted by molar-refractivity contribution is 6.09. The van der Waals surface area contributed by atoms with Gasteiger partial charge in [-0.25, -0.2) is 9.97 Å². The molecule has 1 amide bonds. The van der Waals surface area contributed by atoms with E-state index in [1.54, 1.807) is 12.5 Å². The van der Waals surface area contributed by atoms with Gasteiger partial charge in [0.05, 0.1) is 17.3 Å². The molecule has 1 aliphatic rings. The number of nitrogens with one attached hydrogen (secondary N) is 1. The van der Waals surface area contributed by atoms with E-state index < -0.39 is 0 Å². The molecular weight excluding hydrogens is 366 g/mol. The fourth-order valence-electron chi connectivity index (χ4n) is 3.59. The summed E-state index contributed by atoms with van der Waals surface area (Å²) < 4.78 is 7.49. The summed E-state index contributed by atoms with van der Waals surface area (Å²) in [6.45, 7) is 2.62. The second-order valence-electron chi connectivity index (χ2n) is 7.58. The molecule has 5 rings (SSSR count). The molecule has 3 heterocycles. The predicted molar refractivity (Wildman–Crippen MR) is 108 cm³/mol. The SMILES string of the molecule is CC(Cn1ccnc1)NC(=O)c1cc(C2CC2)nc2onc(-c3ccccc3)c12. The van der Waals surface area contributed by atoms with Crippen molar-refractivity contribution in [3.8, 4) is 11.3 Å². The average Bonchev–Trinajstić information content (AvgIpc) is 3.29. The number of imidazole rings is 1. The van der Waals surface area contributed by atoms with Gasteiger partial charge in [0.25, 0.3) is 11.6 Å². The van der Waals surface area contributed by atoms with Gasteiger partial charge >= 0.3 is 0 Å². The fourth-order valence-corrected chi connectivity index (χ4v) is 3.59. The number of rotatable bonds is 6. The van der Waals surface area contributed by atoms with Crippen LogP contribution in [0, 0.1) is 0 Å². The van der Waals surface area contributed by atoms with Crippen molar-refractivity contribution in [2.45, 2.75) is 38.3 Å². The summed E-state index contributed by atoms with van der Waals surface area (Å²) in [7, 11) is 0. The first kappa shape index (κ1) is 17.6. The Bertz CT molecular complexity index is 1150. The minimum Gasteiger partial charge on any atom is -0.348 e. The van der Waals surface area contributed by atoms with E-state index in [4.69, 9.17) is 4.52 Å². The van der Waals surface area contributed by atoms with E-state index in [9.17, 15) is 4.79 Å². The van der Waals surface area contributed by atoms with E-state index in [2.05, 4.69) is 20.4 Å². The van der Waals surface area contributed by atoms with Gasteiger partial charge in [0, 0.05) is 42.2 Å². The molecule has 7 heteroatoms. The Hall–Kier alpha value is -3.48. The van der Waals surface area contributed by atoms with Crippen molar-refractivity contribution in [1.82, 2.24) is 25.0 Å². The Balaban J connectivity index is 1.53. The molecule has 0 bridgehead atoms. The zero-order valence-corrected chi connectivity index (χ0v) is 16.1. The van der Waals surface area contributed by atoms with Crippen LogP contribution < -0.4 is 5.32 Å². The monoisotopic (exact) mass is 387 g/mol. The molecule has 1 atom stereocenters. The molecule has 3 aromatic heterocycles. The van der Waals surface area contributed by atoms with E-state index in [-0.39, 0.29) is 11.9 Å². The van der Waals surface area contributed by atoms with Gasteiger partial charge in [0.15, 0.2) is 0 Å². The third-order valence-corrected chi connectivity index (χ3v) is 5.18. The minimum absolute atomic E-state index is 0.0654. The molecule has 1 aliphatic carbocycles. The standard InChI is InChI=1S/C22H21N5O2/c1-14(12-27-10-9-23-13-27)24-21(28)17-11-18(15-7-8-15)25-22-19(17)20(26-29-22)16-5-3-2-4-6-16/h2-6,9-11,13-15H,7-8,12H2,1H3,(H,24,28). The minimum atomic E-state index is -0.146. The maximum absolute atomic E-state index is 13.2. The Morgan fingerprint density at radius 3 is 2.86 bits per heavy atom. The zero-order chi connectivity index (χ0) is 19.8. The number of amides is 1. The normalized spacial score (nSPS) is 14.8. The molecule has 146 valence electrons. The average molecular weight is 387 g/mol. The lowest BCUT2D eigenvalue weighted by atomic mass is 10.0. The van der Waals surface area contributed by atoms with Gasteiger partial charge in [-0.3, -0.25) is 4.79 Å². The van der Waals surface area contributed by atoms with E-state index in [0.717, 1.165) is 24.1 Å². The maximum atomic E-state index is 13.2. The number of carbonyl (C=O) groups excluding carboxylic acids is 1. The number of nitrogens with zero attached hydrogens (tertiary/aromatic N) is 4. The van der Waals surface area contributed by atoms with Gasteiger partial charge in [0.1, 0.15) is 5.69 Å². The molecule has 1 aromatic carbocycles. The number of aromatic nitrogens is 4. The van der Waals surface area contributed by atoms with Crippen molar-refractivity contribution in [3.05, 3.63) is 66.4 Å². The highest BCUT2D eigenvalue weighted by Gasteiger charge is 2.29. The summed E-state index contributed by atoms with van der Waals surface area (Å²) in [5, 5.41) is 8.00. The van der Waals surface area contributed by atoms with Gasteiger partial charge in [0.2, 0.25) is 0 Å². The van der Waals surface area contributed by atoms with Gasteiger partial charge in [-0.1, -0.05) is 35.5 Å². The highest BCUT2D eigenvalue weighted by atomic mass is 16.5. The summed E-state index contributed by atoms with van der Waals surface area (Å²) in [5.41, 5.74) is 3.42. The Morgan fingerprint density at radius 1 is 1.31 bits per heavy atom. The molecule has 0 saturated heterocycles. The second-order valence-corrected chi connectivity index (χ2v) is 7.58. The molecule has 1 fully saturated rings. The molecular formula is C22H21N5O2. The molecule has 7 nitrogen and oxygen atoms in total. The lowest BCUT2D eigenvalue weighted by Crippen LogP contribution is -2.35. The number of hydrogen-bond donors (Lipinski definition) is 1. The number of hydrogen-bond acceptors (Lipinski definition) is 5. The summed E-state index contributed by atoms with van der Waals surface area (Å²) in [4.78, 5) is 21.9. The lowest BCUT2D eigenvalue weighted by Gasteiger charge is -2.15. The van der Waals surface area contributed by atoms with Gasteiger partial charge in [-0.05, 0) is 25.8 Å². The Morgan fingerprint density at radius 2 is 2.14 bits per heavy atom. The second kappa shape index (κ2) is 7.16. The lowest BCUT2D eigenvalue weighted by molar-refractivity contribution is 0.0938. The smallest absolute Gasteiger partial charge is 0.259 e. The molecule has 0 aliphatic heterocycles. The largest absolute Gasteiger partial charge is 0.348 e. The van der Waals surface area contributed by atoms with Crippen molar-refractivity contribution < 1.29 is 9.32 Å². The topological polar surface area (TPSA) is 85.8 Å². The third-order valence-electron chi connectivity index (χ3n) is 5.18. The highest BCUT2D eigenvalue weighted by Crippen LogP contribution is 2.41. The van der Waals surface area contributed by atoms with Gasteiger partial charge in [-0.15, -0.1) is 0 Å². The van der Waals surface area contributed by atoms with E-state index in [1.165, 1.54) is 0 Å². The molecule has 1 saturated carbocycles. The number of pyridine rings is 1. The zero-order valence-electron chi connectivity index (χ0n) is 16.1. The van der Waals surface area contributed by atoms with Gasteiger partial charge < -0.3 is 14.4 Å². The summed E-state index contributed by atoms with van der Waals surface area (Å²) in [5.74, 6) is 0.256. The molecule has 0 spiro atoms. The van der Waals surface area contributed by atoms with Crippen molar-refractivity contribution in [1.29, 1.82) is 0 Å². The van der Waals surface area contributed by atoms with E-state index in [0.29, 0.717) is 34.8 Å². The van der Waals surface area contributed by atoms with Crippen molar-refractivity contribution in [3.63, 3.8) is 0 Å². The first-order valence-corrected chi connectivity index (χ1v) is 9.81. The molecule has 29 heavy (non-hydrogen) atoms. The van der Waals surface area contributed by atoms with Crippen molar-refractivity contribution in [2.24, 2.45) is 0 Å². The van der Waals surface area contributed by atoms with Crippen LogP contribution in [0.3, 0.4) is 0 Å². The molecule has 4 aromatic rings. The van der Waals surface area contributed by atoms with E-state index >= 15 is 0 Å². The van der Waals surface area contributed by atoms with Crippen molar-refractivity contribution in [2.75, 3.05) is 0 Å². The number of carbonyl (C=O) groups is 1. The number of benzene rings is 1. The maximum Gasteiger partial charge on any atom is 0.259 e. The van der Waals surface area contributed by atoms with Crippen LogP contribution in [0.25, 0.3) is 22.4 Å². The first-order chi connectivity index (χ1) is 14.2. The van der Waals surface area contributed by atoms with Gasteiger partial charge in [-0.2, -0.15) is 0 Å². The van der Waals surface area contributed by atoms with Crippen LogP contribution in [0.4, 0.5) is 0 Å². The number of fused-ring (bicyclic) bond motifs is 1. The van der Waals surface area contributed by atoms with Crippen LogP contribution in [-0.4, -0.2) is 31.6 Å². The van der Waals surface area contributed by atoms with Crippen LogP contribution in [0.5, 0.6) is 0 Å². The summed E-state index contributed by atoms with van der Waals surface area (Å²) in [6.07, 6.45) is 7.54. The van der Waals surface area contributed by atoms with Crippen LogP contribution in [0.15, 0.2) is 59.6 Å². The molecule has 0 radical (unpaired) electrons. The van der Waals surface area contributed by atoms with E-state index in [1.807, 2.05) is 54.1 Å². The molecule has 1 unspecified atom stereocenters. The van der Waals surface area contributed by atoms with Crippen LogP contribution in [0.2, 0.25) is 0 Å². The Kier molecular flexibility index (Phi) is 4.35. The van der Waals surface area contributed by atoms with Crippen LogP contribution >= 0.6 is 0 Å². The van der Waals surface area contributed by atoms with Crippen LogP contribution in [-0.2, 0) is 6.54 Å². The first-order valence-electron chi connectivity index (χ1n) is 9.81. The predicted octanol–water partition coefficient (Wildman–Crippen LogP) is 3.78.